The van der Waals surface area contributed by atoms with E-state index in [0.29, 0.717) is 12.6 Å². The van der Waals surface area contributed by atoms with Crippen LogP contribution in [-0.4, -0.2) is 43.8 Å². The van der Waals surface area contributed by atoms with Gasteiger partial charge in [0.05, 0.1) is 6.61 Å². The van der Waals surface area contributed by atoms with Gasteiger partial charge in [-0.2, -0.15) is 0 Å². The number of hydrogen-bond acceptors (Lipinski definition) is 4. The maximum absolute atomic E-state index is 5.90. The van der Waals surface area contributed by atoms with Crippen LogP contribution in [-0.2, 0) is 13.0 Å². The fourth-order valence-corrected chi connectivity index (χ4v) is 3.31. The van der Waals surface area contributed by atoms with Crippen LogP contribution in [0.3, 0.4) is 0 Å². The molecule has 4 heteroatoms. The molecule has 2 atom stereocenters. The number of ether oxygens (including phenoxy) is 2. The average Bonchev–Trinajstić information content (AvgIpc) is 3.07. The van der Waals surface area contributed by atoms with Crippen LogP contribution in [0.4, 0.5) is 0 Å². The molecule has 4 nitrogen and oxygen atoms in total. The van der Waals surface area contributed by atoms with Gasteiger partial charge in [-0.1, -0.05) is 0 Å². The van der Waals surface area contributed by atoms with Gasteiger partial charge in [0, 0.05) is 36.7 Å². The summed E-state index contributed by atoms with van der Waals surface area (Å²) in [6.07, 6.45) is 2.48. The second-order valence-corrected chi connectivity index (χ2v) is 6.19. The van der Waals surface area contributed by atoms with Crippen LogP contribution < -0.4 is 14.8 Å². The normalized spacial score (nSPS) is 24.2. The highest BCUT2D eigenvalue weighted by Gasteiger charge is 2.24. The first kappa shape index (κ1) is 14.7. The van der Waals surface area contributed by atoms with Crippen molar-refractivity contribution in [3.05, 3.63) is 23.3 Å². The molecule has 1 saturated heterocycles. The number of nitrogens with zero attached hydrogens (tertiary/aromatic N) is 1. The van der Waals surface area contributed by atoms with Crippen LogP contribution in [0.1, 0.15) is 31.4 Å². The number of benzene rings is 1. The average molecular weight is 290 g/mol. The van der Waals surface area contributed by atoms with Crippen molar-refractivity contribution < 1.29 is 9.47 Å². The third-order valence-corrected chi connectivity index (χ3v) is 4.46. The van der Waals surface area contributed by atoms with Gasteiger partial charge < -0.3 is 14.8 Å². The number of fused-ring (bicyclic) bond motifs is 1. The molecule has 2 aliphatic heterocycles. The zero-order chi connectivity index (χ0) is 14.8. The monoisotopic (exact) mass is 290 g/mol. The Hall–Kier alpha value is -1.26. The smallest absolute Gasteiger partial charge is 0.124 e. The predicted molar refractivity (Wildman–Crippen MR) is 84.1 cm³/mol. The molecule has 0 amide bonds. The molecule has 2 heterocycles. The van der Waals surface area contributed by atoms with Crippen molar-refractivity contribution in [3.63, 3.8) is 0 Å². The van der Waals surface area contributed by atoms with Crippen LogP contribution in [0.5, 0.6) is 11.5 Å². The lowest BCUT2D eigenvalue weighted by molar-refractivity contribution is 0.239. The van der Waals surface area contributed by atoms with Crippen molar-refractivity contribution in [1.29, 1.82) is 0 Å². The summed E-state index contributed by atoms with van der Waals surface area (Å²) in [6.45, 7) is 7.98. The molecule has 1 aromatic rings. The highest BCUT2D eigenvalue weighted by Crippen LogP contribution is 2.35. The van der Waals surface area contributed by atoms with Gasteiger partial charge in [0.25, 0.3) is 0 Å². The van der Waals surface area contributed by atoms with Gasteiger partial charge in [-0.15, -0.1) is 0 Å². The van der Waals surface area contributed by atoms with Crippen LogP contribution in [0, 0.1) is 0 Å². The minimum atomic E-state index is 0.279. The Morgan fingerprint density at radius 3 is 3.00 bits per heavy atom. The summed E-state index contributed by atoms with van der Waals surface area (Å²) in [5.74, 6) is 2.06. The Balaban J connectivity index is 1.80. The van der Waals surface area contributed by atoms with E-state index in [2.05, 4.69) is 36.3 Å². The van der Waals surface area contributed by atoms with E-state index >= 15 is 0 Å². The Morgan fingerprint density at radius 1 is 1.43 bits per heavy atom. The Labute approximate surface area is 127 Å². The van der Waals surface area contributed by atoms with Gasteiger partial charge in [0.1, 0.15) is 17.6 Å². The van der Waals surface area contributed by atoms with Crippen molar-refractivity contribution in [2.24, 2.45) is 0 Å². The van der Waals surface area contributed by atoms with Crippen LogP contribution >= 0.6 is 0 Å². The van der Waals surface area contributed by atoms with Crippen molar-refractivity contribution in [3.8, 4) is 11.5 Å². The van der Waals surface area contributed by atoms with E-state index in [1.54, 1.807) is 0 Å². The minimum absolute atomic E-state index is 0.279. The summed E-state index contributed by atoms with van der Waals surface area (Å²) in [7, 11) is 2.20. The maximum Gasteiger partial charge on any atom is 0.124 e. The highest BCUT2D eigenvalue weighted by molar-refractivity contribution is 5.48. The highest BCUT2D eigenvalue weighted by atomic mass is 16.5. The molecule has 0 spiro atoms. The largest absolute Gasteiger partial charge is 0.494 e. The summed E-state index contributed by atoms with van der Waals surface area (Å²) in [6, 6.07) is 4.98. The molecule has 2 unspecified atom stereocenters. The molecular weight excluding hydrogens is 264 g/mol. The molecule has 21 heavy (non-hydrogen) atoms. The van der Waals surface area contributed by atoms with E-state index < -0.39 is 0 Å². The van der Waals surface area contributed by atoms with Crippen LogP contribution in [0.15, 0.2) is 12.1 Å². The van der Waals surface area contributed by atoms with Gasteiger partial charge in [-0.3, -0.25) is 4.90 Å². The molecule has 0 aromatic heterocycles. The lowest BCUT2D eigenvalue weighted by Crippen LogP contribution is -2.33. The van der Waals surface area contributed by atoms with Gasteiger partial charge in [-0.25, -0.2) is 0 Å². The molecule has 1 aromatic carbocycles. The molecule has 0 bridgehead atoms. The zero-order valence-electron chi connectivity index (χ0n) is 13.3. The minimum Gasteiger partial charge on any atom is -0.494 e. The third-order valence-electron chi connectivity index (χ3n) is 4.46. The SMILES string of the molecule is CCOc1cc2c(cc1CN(C)C1CCNC1)OC(C)C2. The first-order valence-electron chi connectivity index (χ1n) is 8.03. The van der Waals surface area contributed by atoms with E-state index in [0.717, 1.165) is 37.6 Å². The second kappa shape index (κ2) is 6.24. The molecule has 1 N–H and O–H groups in total. The standard InChI is InChI=1S/C17H26N2O2/c1-4-20-16-8-13-7-12(2)21-17(13)9-14(16)11-19(3)15-5-6-18-10-15/h8-9,12,15,18H,4-7,10-11H2,1-3H3. The molecule has 116 valence electrons. The number of nitrogens with one attached hydrogen (secondary N) is 1. The first-order chi connectivity index (χ1) is 10.2. The summed E-state index contributed by atoms with van der Waals surface area (Å²) in [5.41, 5.74) is 2.51. The summed E-state index contributed by atoms with van der Waals surface area (Å²) >= 11 is 0. The fourth-order valence-electron chi connectivity index (χ4n) is 3.31. The van der Waals surface area contributed by atoms with Crippen LogP contribution in [0.25, 0.3) is 0 Å². The zero-order valence-corrected chi connectivity index (χ0v) is 13.3. The first-order valence-corrected chi connectivity index (χ1v) is 8.03. The second-order valence-electron chi connectivity index (χ2n) is 6.19. The topological polar surface area (TPSA) is 33.7 Å². The van der Waals surface area contributed by atoms with Gasteiger partial charge in [-0.05, 0) is 46.0 Å². The number of likely N-dealkylation sites (N-methyl/N-ethyl adjacent to an activating group) is 1. The fraction of sp³-hybridized carbons (Fsp3) is 0.647. The van der Waals surface area contributed by atoms with Gasteiger partial charge in [0.2, 0.25) is 0 Å². The van der Waals surface area contributed by atoms with E-state index in [9.17, 15) is 0 Å². The molecule has 0 saturated carbocycles. The lowest BCUT2D eigenvalue weighted by atomic mass is 10.1. The molecule has 0 aliphatic carbocycles. The van der Waals surface area contributed by atoms with E-state index in [-0.39, 0.29) is 6.10 Å². The maximum atomic E-state index is 5.90. The molecule has 0 radical (unpaired) electrons. The number of hydrogen-bond donors (Lipinski definition) is 1. The Bertz CT molecular complexity index is 498. The summed E-state index contributed by atoms with van der Waals surface area (Å²) in [4.78, 5) is 2.42. The predicted octanol–water partition coefficient (Wildman–Crippen LogP) is 2.20. The lowest BCUT2D eigenvalue weighted by Gasteiger charge is -2.24. The third kappa shape index (κ3) is 3.16. The van der Waals surface area contributed by atoms with Gasteiger partial charge in [0.15, 0.2) is 0 Å². The van der Waals surface area contributed by atoms with Gasteiger partial charge >= 0.3 is 0 Å². The van der Waals surface area contributed by atoms with Crippen molar-refractivity contribution in [1.82, 2.24) is 10.2 Å². The van der Waals surface area contributed by atoms with Crippen molar-refractivity contribution in [2.75, 3.05) is 26.7 Å². The summed E-state index contributed by atoms with van der Waals surface area (Å²) in [5, 5.41) is 3.43. The number of rotatable bonds is 5. The van der Waals surface area contributed by atoms with E-state index in [1.165, 1.54) is 17.5 Å². The molecular formula is C17H26N2O2. The summed E-state index contributed by atoms with van der Waals surface area (Å²) < 4.78 is 11.8. The molecule has 3 rings (SSSR count). The van der Waals surface area contributed by atoms with Crippen molar-refractivity contribution in [2.45, 2.75) is 45.4 Å². The van der Waals surface area contributed by atoms with Crippen molar-refractivity contribution >= 4 is 0 Å². The van der Waals surface area contributed by atoms with E-state index in [4.69, 9.17) is 9.47 Å². The van der Waals surface area contributed by atoms with Crippen LogP contribution in [0.2, 0.25) is 0 Å². The van der Waals surface area contributed by atoms with E-state index in [1.807, 2.05) is 6.92 Å². The Morgan fingerprint density at radius 2 is 2.29 bits per heavy atom. The molecule has 1 fully saturated rings. The quantitative estimate of drug-likeness (QED) is 0.901. The molecule has 2 aliphatic rings. The Kier molecular flexibility index (Phi) is 4.36.